The summed E-state index contributed by atoms with van der Waals surface area (Å²) in [7, 11) is -2.29. The van der Waals surface area contributed by atoms with Gasteiger partial charge in [0, 0.05) is 13.1 Å². The lowest BCUT2D eigenvalue weighted by Gasteiger charge is -2.27. The second kappa shape index (κ2) is 7.47. The average Bonchev–Trinajstić information content (AvgIpc) is 2.62. The zero-order valence-corrected chi connectivity index (χ0v) is 15.2. The number of ether oxygens (including phenoxy) is 2. The van der Waals surface area contributed by atoms with Gasteiger partial charge in [-0.05, 0) is 30.3 Å². The van der Waals surface area contributed by atoms with Crippen LogP contribution in [0.1, 0.15) is 0 Å². The molecule has 0 spiro atoms. The third kappa shape index (κ3) is 4.15. The second-order valence-corrected chi connectivity index (χ2v) is 7.50. The van der Waals surface area contributed by atoms with Gasteiger partial charge in [-0.1, -0.05) is 11.6 Å². The molecule has 9 heteroatoms. The molecule has 2 aromatic rings. The molecule has 2 heterocycles. The van der Waals surface area contributed by atoms with Crippen LogP contribution >= 0.6 is 11.6 Å². The van der Waals surface area contributed by atoms with Crippen molar-refractivity contribution in [3.05, 3.63) is 41.6 Å². The fourth-order valence-corrected chi connectivity index (χ4v) is 3.85. The molecule has 7 nitrogen and oxygen atoms in total. The standard InChI is InChI=1S/C16H18ClN3O4S/c1-23-15-4-3-13(10-14(15)17)25(21,22)19-12-2-5-16(18-11-12)20-6-8-24-9-7-20/h2-5,10-11,19H,6-9H2,1H3. The molecule has 1 aliphatic rings. The SMILES string of the molecule is COc1ccc(S(=O)(=O)Nc2ccc(N3CCOCC3)nc2)cc1Cl. The van der Waals surface area contributed by atoms with Crippen molar-refractivity contribution in [2.45, 2.75) is 4.90 Å². The average molecular weight is 384 g/mol. The minimum absolute atomic E-state index is 0.0514. The molecule has 1 N–H and O–H groups in total. The Kier molecular flexibility index (Phi) is 5.31. The lowest BCUT2D eigenvalue weighted by atomic mass is 10.3. The van der Waals surface area contributed by atoms with E-state index in [-0.39, 0.29) is 9.92 Å². The van der Waals surface area contributed by atoms with E-state index >= 15 is 0 Å². The number of pyridine rings is 1. The fourth-order valence-electron chi connectivity index (χ4n) is 2.45. The van der Waals surface area contributed by atoms with E-state index in [1.165, 1.54) is 31.5 Å². The second-order valence-electron chi connectivity index (χ2n) is 5.41. The van der Waals surface area contributed by atoms with Crippen LogP contribution in [0, 0.1) is 0 Å². The van der Waals surface area contributed by atoms with Crippen molar-refractivity contribution in [2.24, 2.45) is 0 Å². The van der Waals surface area contributed by atoms with E-state index in [9.17, 15) is 8.42 Å². The predicted molar refractivity (Wildman–Crippen MR) is 96.1 cm³/mol. The molecular weight excluding hydrogens is 366 g/mol. The van der Waals surface area contributed by atoms with Gasteiger partial charge < -0.3 is 14.4 Å². The highest BCUT2D eigenvalue weighted by molar-refractivity contribution is 7.92. The Bertz CT molecular complexity index is 837. The van der Waals surface area contributed by atoms with Crippen molar-refractivity contribution in [1.82, 2.24) is 4.98 Å². The molecule has 0 radical (unpaired) electrons. The van der Waals surface area contributed by atoms with Gasteiger partial charge in [-0.2, -0.15) is 0 Å². The Morgan fingerprint density at radius 2 is 2.00 bits per heavy atom. The van der Waals surface area contributed by atoms with Crippen LogP contribution in [-0.4, -0.2) is 46.8 Å². The summed E-state index contributed by atoms with van der Waals surface area (Å²) in [6, 6.07) is 7.75. The highest BCUT2D eigenvalue weighted by atomic mass is 35.5. The van der Waals surface area contributed by atoms with Crippen LogP contribution in [0.3, 0.4) is 0 Å². The smallest absolute Gasteiger partial charge is 0.261 e. The van der Waals surface area contributed by atoms with E-state index in [2.05, 4.69) is 14.6 Å². The number of nitrogens with one attached hydrogen (secondary N) is 1. The van der Waals surface area contributed by atoms with Crippen molar-refractivity contribution < 1.29 is 17.9 Å². The van der Waals surface area contributed by atoms with E-state index < -0.39 is 10.0 Å². The molecule has 0 unspecified atom stereocenters. The summed E-state index contributed by atoms with van der Waals surface area (Å²) in [5.74, 6) is 1.20. The summed E-state index contributed by atoms with van der Waals surface area (Å²) in [5.41, 5.74) is 0.379. The fraction of sp³-hybridized carbons (Fsp3) is 0.312. The molecule has 1 aromatic heterocycles. The third-order valence-corrected chi connectivity index (χ3v) is 5.44. The zero-order chi connectivity index (χ0) is 17.9. The van der Waals surface area contributed by atoms with Crippen molar-refractivity contribution in [1.29, 1.82) is 0 Å². The highest BCUT2D eigenvalue weighted by Crippen LogP contribution is 2.28. The minimum Gasteiger partial charge on any atom is -0.495 e. The Morgan fingerprint density at radius 3 is 2.60 bits per heavy atom. The van der Waals surface area contributed by atoms with E-state index in [4.69, 9.17) is 21.1 Å². The first kappa shape index (κ1) is 17.8. The molecule has 0 saturated carbocycles. The molecule has 1 aromatic carbocycles. The van der Waals surface area contributed by atoms with Crippen LogP contribution in [0.15, 0.2) is 41.4 Å². The summed E-state index contributed by atoms with van der Waals surface area (Å²) in [6.45, 7) is 2.85. The summed E-state index contributed by atoms with van der Waals surface area (Å²) < 4.78 is 37.8. The summed E-state index contributed by atoms with van der Waals surface area (Å²) in [5, 5.41) is 0.228. The van der Waals surface area contributed by atoms with Gasteiger partial charge in [-0.15, -0.1) is 0 Å². The summed E-state index contributed by atoms with van der Waals surface area (Å²) in [6.07, 6.45) is 1.49. The summed E-state index contributed by atoms with van der Waals surface area (Å²) >= 11 is 6.00. The molecule has 0 aliphatic carbocycles. The Morgan fingerprint density at radius 1 is 1.24 bits per heavy atom. The summed E-state index contributed by atoms with van der Waals surface area (Å²) in [4.78, 5) is 6.46. The number of anilines is 2. The van der Waals surface area contributed by atoms with Crippen LogP contribution in [0.4, 0.5) is 11.5 Å². The molecule has 0 amide bonds. The molecule has 1 aliphatic heterocycles. The predicted octanol–water partition coefficient (Wildman–Crippen LogP) is 2.38. The van der Waals surface area contributed by atoms with E-state index in [1.54, 1.807) is 12.1 Å². The lowest BCUT2D eigenvalue weighted by Crippen LogP contribution is -2.36. The lowest BCUT2D eigenvalue weighted by molar-refractivity contribution is 0.122. The van der Waals surface area contributed by atoms with Crippen LogP contribution in [0.5, 0.6) is 5.75 Å². The van der Waals surface area contributed by atoms with Gasteiger partial charge >= 0.3 is 0 Å². The third-order valence-electron chi connectivity index (χ3n) is 3.77. The normalized spacial score (nSPS) is 15.0. The van der Waals surface area contributed by atoms with Crippen molar-refractivity contribution >= 4 is 33.1 Å². The number of methoxy groups -OCH3 is 1. The molecule has 25 heavy (non-hydrogen) atoms. The first-order valence-corrected chi connectivity index (χ1v) is 9.51. The van der Waals surface area contributed by atoms with Crippen molar-refractivity contribution in [2.75, 3.05) is 43.0 Å². The number of morpholine rings is 1. The van der Waals surface area contributed by atoms with E-state index in [0.717, 1.165) is 18.9 Å². The van der Waals surface area contributed by atoms with Gasteiger partial charge in [0.15, 0.2) is 0 Å². The highest BCUT2D eigenvalue weighted by Gasteiger charge is 2.17. The van der Waals surface area contributed by atoms with Crippen LogP contribution in [0.25, 0.3) is 0 Å². The van der Waals surface area contributed by atoms with Gasteiger partial charge in [-0.25, -0.2) is 13.4 Å². The first-order chi connectivity index (χ1) is 12.0. The number of aromatic nitrogens is 1. The van der Waals surface area contributed by atoms with Crippen molar-refractivity contribution in [3.63, 3.8) is 0 Å². The molecule has 1 saturated heterocycles. The van der Waals surface area contributed by atoms with E-state index in [1.807, 2.05) is 0 Å². The monoisotopic (exact) mass is 383 g/mol. The number of nitrogens with zero attached hydrogens (tertiary/aromatic N) is 2. The van der Waals surface area contributed by atoms with Gasteiger partial charge in [0.2, 0.25) is 0 Å². The zero-order valence-electron chi connectivity index (χ0n) is 13.6. The number of benzene rings is 1. The molecule has 0 bridgehead atoms. The molecule has 3 rings (SSSR count). The van der Waals surface area contributed by atoms with Crippen molar-refractivity contribution in [3.8, 4) is 5.75 Å². The van der Waals surface area contributed by atoms with E-state index in [0.29, 0.717) is 24.7 Å². The maximum absolute atomic E-state index is 12.5. The van der Waals surface area contributed by atoms with Gasteiger partial charge in [0.25, 0.3) is 10.0 Å². The number of hydrogen-bond acceptors (Lipinski definition) is 6. The molecular formula is C16H18ClN3O4S. The van der Waals surface area contributed by atoms with Crippen LogP contribution < -0.4 is 14.4 Å². The molecule has 134 valence electrons. The maximum Gasteiger partial charge on any atom is 0.261 e. The quantitative estimate of drug-likeness (QED) is 0.853. The number of halogens is 1. The molecule has 0 atom stereocenters. The number of rotatable bonds is 5. The maximum atomic E-state index is 12.5. The van der Waals surface area contributed by atoms with Crippen LogP contribution in [0.2, 0.25) is 5.02 Å². The minimum atomic E-state index is -3.76. The largest absolute Gasteiger partial charge is 0.495 e. The Balaban J connectivity index is 1.75. The molecule has 1 fully saturated rings. The van der Waals surface area contributed by atoms with Gasteiger partial charge in [0.1, 0.15) is 11.6 Å². The van der Waals surface area contributed by atoms with Crippen LogP contribution in [-0.2, 0) is 14.8 Å². The van der Waals surface area contributed by atoms with Gasteiger partial charge in [0.05, 0.1) is 42.1 Å². The topological polar surface area (TPSA) is 80.8 Å². The number of hydrogen-bond donors (Lipinski definition) is 1. The Labute approximate surface area is 151 Å². The first-order valence-electron chi connectivity index (χ1n) is 7.65. The Hall–Kier alpha value is -2.03. The number of sulfonamides is 1. The van der Waals surface area contributed by atoms with Gasteiger partial charge in [-0.3, -0.25) is 4.72 Å².